The Morgan fingerprint density at radius 3 is 2.86 bits per heavy atom. The maximum Gasteiger partial charge on any atom is 0.257 e. The molecule has 1 atom stereocenters. The van der Waals surface area contributed by atoms with Gasteiger partial charge in [0.05, 0.1) is 18.3 Å². The molecule has 8 heteroatoms. The third-order valence-corrected chi connectivity index (χ3v) is 3.22. The number of phenolic OH excluding ortho intramolecular Hbond substituents is 1. The third kappa shape index (κ3) is 3.11. The number of halogens is 3. The molecule has 2 rings (SSSR count). The molecule has 1 aromatic rings. The number of carbonyl (C=O) groups is 1. The number of rotatable bonds is 3. The fraction of sp³-hybridized carbons (Fsp3) is 0.462. The summed E-state index contributed by atoms with van der Waals surface area (Å²) in [7, 11) is 1.72. The van der Waals surface area contributed by atoms with Crippen LogP contribution >= 0.6 is 0 Å². The molecular weight excluding hydrogens is 289 g/mol. The maximum atomic E-state index is 13.7. The van der Waals surface area contributed by atoms with Gasteiger partial charge in [-0.1, -0.05) is 0 Å². The molecule has 1 aromatic carbocycles. The van der Waals surface area contributed by atoms with E-state index in [4.69, 9.17) is 9.84 Å². The zero-order valence-corrected chi connectivity index (χ0v) is 11.3. The van der Waals surface area contributed by atoms with Gasteiger partial charge in [-0.25, -0.2) is 8.78 Å². The lowest BCUT2D eigenvalue weighted by Gasteiger charge is -2.33. The van der Waals surface area contributed by atoms with Crippen LogP contribution in [-0.2, 0) is 4.74 Å². The van der Waals surface area contributed by atoms with Crippen LogP contribution in [0.2, 0.25) is 0 Å². The summed E-state index contributed by atoms with van der Waals surface area (Å²) in [4.78, 5) is 13.5. The molecule has 1 unspecified atom stereocenters. The minimum absolute atomic E-state index is 0.193. The van der Waals surface area contributed by atoms with Crippen molar-refractivity contribution in [3.8, 4) is 5.75 Å². The number of morpholine rings is 1. The van der Waals surface area contributed by atoms with Gasteiger partial charge in [-0.3, -0.25) is 4.79 Å². The summed E-state index contributed by atoms with van der Waals surface area (Å²) in [5.41, 5.74) is -0.698. The third-order valence-electron chi connectivity index (χ3n) is 3.22. The highest BCUT2D eigenvalue weighted by Gasteiger charge is 2.29. The fourth-order valence-corrected chi connectivity index (χ4v) is 2.17. The highest BCUT2D eigenvalue weighted by molar-refractivity contribution is 5.95. The number of nitrogens with one attached hydrogen (secondary N) is 1. The first kappa shape index (κ1) is 15.6. The molecule has 0 aliphatic carbocycles. The normalized spacial score (nSPS) is 18.9. The molecule has 1 amide bonds. The Bertz CT molecular complexity index is 552. The van der Waals surface area contributed by atoms with Crippen molar-refractivity contribution < 1.29 is 27.8 Å². The quantitative estimate of drug-likeness (QED) is 0.814. The van der Waals surface area contributed by atoms with Crippen LogP contribution in [0.25, 0.3) is 0 Å². The molecule has 0 radical (unpaired) electrons. The van der Waals surface area contributed by atoms with Crippen LogP contribution in [0.3, 0.4) is 0 Å². The lowest BCUT2D eigenvalue weighted by Crippen LogP contribution is -2.48. The first-order chi connectivity index (χ1) is 9.95. The average Bonchev–Trinajstić information content (AvgIpc) is 2.49. The average molecular weight is 304 g/mol. The number of nitrogens with zero attached hydrogens (tertiary/aromatic N) is 1. The molecule has 1 fully saturated rings. The Morgan fingerprint density at radius 2 is 2.19 bits per heavy atom. The summed E-state index contributed by atoms with van der Waals surface area (Å²) in [6.07, 6.45) is -0.269. The lowest BCUT2D eigenvalue weighted by molar-refractivity contribution is -0.0198. The molecule has 1 aliphatic heterocycles. The zero-order valence-electron chi connectivity index (χ0n) is 11.3. The van der Waals surface area contributed by atoms with Gasteiger partial charge < -0.3 is 20.1 Å². The van der Waals surface area contributed by atoms with Crippen molar-refractivity contribution in [2.75, 3.05) is 33.3 Å². The summed E-state index contributed by atoms with van der Waals surface area (Å²) in [5.74, 6) is -6.95. The summed E-state index contributed by atoms with van der Waals surface area (Å²) < 4.78 is 45.4. The Morgan fingerprint density at radius 1 is 1.48 bits per heavy atom. The Hall–Kier alpha value is -1.80. The van der Waals surface area contributed by atoms with Crippen LogP contribution in [0.1, 0.15) is 10.4 Å². The van der Waals surface area contributed by atoms with Crippen LogP contribution in [-0.4, -0.2) is 55.3 Å². The predicted molar refractivity (Wildman–Crippen MR) is 67.6 cm³/mol. The Labute approximate surface area is 119 Å². The minimum atomic E-state index is -1.71. The van der Waals surface area contributed by atoms with Gasteiger partial charge in [0.1, 0.15) is 0 Å². The number of amides is 1. The van der Waals surface area contributed by atoms with Crippen LogP contribution < -0.4 is 5.32 Å². The van der Waals surface area contributed by atoms with Crippen molar-refractivity contribution >= 4 is 5.91 Å². The van der Waals surface area contributed by atoms with Crippen LogP contribution in [0.4, 0.5) is 13.2 Å². The first-order valence-corrected chi connectivity index (χ1v) is 6.37. The van der Waals surface area contributed by atoms with E-state index in [1.165, 1.54) is 4.90 Å². The number of phenols is 1. The van der Waals surface area contributed by atoms with Gasteiger partial charge in [0.25, 0.3) is 5.91 Å². The molecular formula is C13H15F3N2O3. The van der Waals surface area contributed by atoms with E-state index >= 15 is 0 Å². The predicted octanol–water partition coefficient (Wildman–Crippen LogP) is 0.870. The van der Waals surface area contributed by atoms with E-state index in [-0.39, 0.29) is 25.8 Å². The van der Waals surface area contributed by atoms with Crippen molar-refractivity contribution in [1.29, 1.82) is 0 Å². The standard InChI is InChI=1S/C13H15F3N2O3/c1-17-5-7-6-18(2-3-21-7)13(20)8-4-9(14)11(16)12(19)10(8)15/h4,7,17,19H,2-3,5-6H2,1H3. The summed E-state index contributed by atoms with van der Waals surface area (Å²) in [6, 6.07) is 0.454. The summed E-state index contributed by atoms with van der Waals surface area (Å²) in [6.45, 7) is 1.15. The number of hydrogen-bond donors (Lipinski definition) is 2. The second-order valence-corrected chi connectivity index (χ2v) is 4.68. The topological polar surface area (TPSA) is 61.8 Å². The van der Waals surface area contributed by atoms with E-state index < -0.39 is 34.7 Å². The lowest BCUT2D eigenvalue weighted by atomic mass is 10.1. The molecule has 1 heterocycles. The van der Waals surface area contributed by atoms with Crippen molar-refractivity contribution in [3.05, 3.63) is 29.1 Å². The molecule has 0 bridgehead atoms. The van der Waals surface area contributed by atoms with E-state index in [0.717, 1.165) is 0 Å². The molecule has 1 saturated heterocycles. The number of carbonyl (C=O) groups excluding carboxylic acids is 1. The summed E-state index contributed by atoms with van der Waals surface area (Å²) >= 11 is 0. The van der Waals surface area contributed by atoms with Crippen molar-refractivity contribution in [2.45, 2.75) is 6.10 Å². The molecule has 21 heavy (non-hydrogen) atoms. The van der Waals surface area contributed by atoms with E-state index in [9.17, 15) is 18.0 Å². The van der Waals surface area contributed by atoms with E-state index in [2.05, 4.69) is 5.32 Å². The molecule has 1 aliphatic rings. The van der Waals surface area contributed by atoms with Gasteiger partial charge in [-0.2, -0.15) is 4.39 Å². The monoisotopic (exact) mass is 304 g/mol. The molecule has 0 saturated carbocycles. The van der Waals surface area contributed by atoms with Gasteiger partial charge >= 0.3 is 0 Å². The van der Waals surface area contributed by atoms with E-state index in [1.54, 1.807) is 7.05 Å². The van der Waals surface area contributed by atoms with Gasteiger partial charge in [0, 0.05) is 19.6 Å². The van der Waals surface area contributed by atoms with Gasteiger partial charge in [0.15, 0.2) is 17.4 Å². The van der Waals surface area contributed by atoms with Crippen LogP contribution in [0.15, 0.2) is 6.07 Å². The zero-order chi connectivity index (χ0) is 15.6. The molecule has 0 spiro atoms. The Kier molecular flexibility index (Phi) is 4.69. The van der Waals surface area contributed by atoms with Crippen molar-refractivity contribution in [1.82, 2.24) is 10.2 Å². The highest BCUT2D eigenvalue weighted by Crippen LogP contribution is 2.27. The second kappa shape index (κ2) is 6.31. The summed E-state index contributed by atoms with van der Waals surface area (Å²) in [5, 5.41) is 12.0. The Balaban J connectivity index is 2.24. The highest BCUT2D eigenvalue weighted by atomic mass is 19.2. The van der Waals surface area contributed by atoms with E-state index in [0.29, 0.717) is 12.6 Å². The second-order valence-electron chi connectivity index (χ2n) is 4.68. The number of benzene rings is 1. The van der Waals surface area contributed by atoms with Crippen LogP contribution in [0, 0.1) is 17.5 Å². The number of ether oxygens (including phenoxy) is 1. The van der Waals surface area contributed by atoms with Crippen molar-refractivity contribution in [3.63, 3.8) is 0 Å². The smallest absolute Gasteiger partial charge is 0.257 e. The number of likely N-dealkylation sites (N-methyl/N-ethyl adjacent to an activating group) is 1. The van der Waals surface area contributed by atoms with E-state index in [1.807, 2.05) is 0 Å². The number of aromatic hydroxyl groups is 1. The first-order valence-electron chi connectivity index (χ1n) is 6.37. The van der Waals surface area contributed by atoms with Gasteiger partial charge in [0.2, 0.25) is 5.82 Å². The largest absolute Gasteiger partial charge is 0.503 e. The molecule has 5 nitrogen and oxygen atoms in total. The fourth-order valence-electron chi connectivity index (χ4n) is 2.17. The number of hydrogen-bond acceptors (Lipinski definition) is 4. The van der Waals surface area contributed by atoms with Crippen molar-refractivity contribution in [2.24, 2.45) is 0 Å². The minimum Gasteiger partial charge on any atom is -0.503 e. The maximum absolute atomic E-state index is 13.7. The van der Waals surface area contributed by atoms with Gasteiger partial charge in [-0.15, -0.1) is 0 Å². The molecule has 0 aromatic heterocycles. The SMILES string of the molecule is CNCC1CN(C(=O)c2cc(F)c(F)c(O)c2F)CCO1. The molecule has 116 valence electrons. The van der Waals surface area contributed by atoms with Gasteiger partial charge in [-0.05, 0) is 13.1 Å². The molecule has 2 N–H and O–H groups in total. The van der Waals surface area contributed by atoms with Crippen LogP contribution in [0.5, 0.6) is 5.75 Å².